The molecule has 3 aromatic carbocycles. The number of hydrogen-bond acceptors (Lipinski definition) is 4. The van der Waals surface area contributed by atoms with Gasteiger partial charge in [-0.2, -0.15) is 0 Å². The first-order valence-corrected chi connectivity index (χ1v) is 12.9. The molecular formula is C30H34FN5O3. The Morgan fingerprint density at radius 1 is 0.846 bits per heavy atom. The number of piperazine rings is 1. The van der Waals surface area contributed by atoms with Crippen molar-refractivity contribution < 1.29 is 18.8 Å². The SMILES string of the molecule is CC(C)(C)NC(=O)N1CCN(c2ccc(NC(=O)c3ccccc3)cc2C(=O)NCc2ccc(F)cc2)CC1. The third kappa shape index (κ3) is 7.56. The summed E-state index contributed by atoms with van der Waals surface area (Å²) in [5.41, 5.74) is 2.54. The van der Waals surface area contributed by atoms with Crippen LogP contribution in [0.1, 0.15) is 47.1 Å². The van der Waals surface area contributed by atoms with Crippen LogP contribution in [0.25, 0.3) is 0 Å². The summed E-state index contributed by atoms with van der Waals surface area (Å²) in [4.78, 5) is 42.5. The third-order valence-electron chi connectivity index (χ3n) is 6.29. The molecule has 1 heterocycles. The van der Waals surface area contributed by atoms with Gasteiger partial charge in [0.1, 0.15) is 5.82 Å². The third-order valence-corrected chi connectivity index (χ3v) is 6.29. The van der Waals surface area contributed by atoms with E-state index in [1.165, 1.54) is 12.1 Å². The summed E-state index contributed by atoms with van der Waals surface area (Å²) in [5, 5.41) is 8.76. The maximum Gasteiger partial charge on any atom is 0.317 e. The van der Waals surface area contributed by atoms with Crippen molar-refractivity contribution in [1.29, 1.82) is 0 Å². The Balaban J connectivity index is 1.52. The van der Waals surface area contributed by atoms with Gasteiger partial charge in [0.2, 0.25) is 0 Å². The number of nitrogens with one attached hydrogen (secondary N) is 3. The van der Waals surface area contributed by atoms with Crippen LogP contribution in [-0.2, 0) is 6.54 Å². The minimum atomic E-state index is -0.343. The quantitative estimate of drug-likeness (QED) is 0.432. The molecule has 0 aliphatic carbocycles. The van der Waals surface area contributed by atoms with Gasteiger partial charge in [-0.05, 0) is 68.8 Å². The van der Waals surface area contributed by atoms with Crippen molar-refractivity contribution in [3.8, 4) is 0 Å². The molecule has 3 N–H and O–H groups in total. The molecule has 0 radical (unpaired) electrons. The van der Waals surface area contributed by atoms with E-state index >= 15 is 0 Å². The number of hydrogen-bond donors (Lipinski definition) is 3. The van der Waals surface area contributed by atoms with Crippen molar-refractivity contribution in [3.05, 3.63) is 95.3 Å². The van der Waals surface area contributed by atoms with Gasteiger partial charge in [0.05, 0.1) is 5.56 Å². The van der Waals surface area contributed by atoms with Crippen LogP contribution < -0.4 is 20.9 Å². The Kier molecular flexibility index (Phi) is 8.49. The van der Waals surface area contributed by atoms with Crippen LogP contribution in [0.15, 0.2) is 72.8 Å². The highest BCUT2D eigenvalue weighted by atomic mass is 19.1. The molecule has 4 rings (SSSR count). The number of halogens is 1. The van der Waals surface area contributed by atoms with Crippen LogP contribution in [0.2, 0.25) is 0 Å². The largest absolute Gasteiger partial charge is 0.367 e. The van der Waals surface area contributed by atoms with Crippen molar-refractivity contribution in [2.45, 2.75) is 32.9 Å². The minimum Gasteiger partial charge on any atom is -0.367 e. The number of urea groups is 1. The van der Waals surface area contributed by atoms with E-state index in [9.17, 15) is 18.8 Å². The topological polar surface area (TPSA) is 93.8 Å². The van der Waals surface area contributed by atoms with Crippen molar-refractivity contribution in [2.24, 2.45) is 0 Å². The van der Waals surface area contributed by atoms with Crippen LogP contribution in [0.4, 0.5) is 20.6 Å². The van der Waals surface area contributed by atoms with Gasteiger partial charge in [-0.1, -0.05) is 30.3 Å². The molecule has 204 valence electrons. The number of anilines is 2. The van der Waals surface area contributed by atoms with Crippen molar-refractivity contribution >= 4 is 29.2 Å². The average molecular weight is 532 g/mol. The molecule has 1 saturated heterocycles. The molecule has 9 heteroatoms. The molecule has 8 nitrogen and oxygen atoms in total. The molecule has 0 spiro atoms. The summed E-state index contributed by atoms with van der Waals surface area (Å²) >= 11 is 0. The molecule has 3 aromatic rings. The second-order valence-electron chi connectivity index (χ2n) is 10.5. The van der Waals surface area contributed by atoms with Gasteiger partial charge in [0, 0.05) is 55.2 Å². The van der Waals surface area contributed by atoms with E-state index in [2.05, 4.69) is 20.9 Å². The Morgan fingerprint density at radius 3 is 2.15 bits per heavy atom. The summed E-state index contributed by atoms with van der Waals surface area (Å²) in [6.45, 7) is 8.15. The highest BCUT2D eigenvalue weighted by Gasteiger charge is 2.26. The summed E-state index contributed by atoms with van der Waals surface area (Å²) in [6.07, 6.45) is 0. The smallest absolute Gasteiger partial charge is 0.317 e. The van der Waals surface area contributed by atoms with Gasteiger partial charge in [0.25, 0.3) is 11.8 Å². The molecule has 4 amide bonds. The van der Waals surface area contributed by atoms with E-state index < -0.39 is 0 Å². The minimum absolute atomic E-state index is 0.113. The normalized spacial score (nSPS) is 13.5. The van der Waals surface area contributed by atoms with E-state index in [0.29, 0.717) is 48.7 Å². The van der Waals surface area contributed by atoms with Gasteiger partial charge in [-0.3, -0.25) is 9.59 Å². The van der Waals surface area contributed by atoms with Gasteiger partial charge in [0.15, 0.2) is 0 Å². The lowest BCUT2D eigenvalue weighted by molar-refractivity contribution is 0.0949. The summed E-state index contributed by atoms with van der Waals surface area (Å²) in [6, 6.07) is 19.9. The van der Waals surface area contributed by atoms with E-state index in [4.69, 9.17) is 0 Å². The number of benzene rings is 3. The van der Waals surface area contributed by atoms with Crippen molar-refractivity contribution in [2.75, 3.05) is 36.4 Å². The fourth-order valence-electron chi connectivity index (χ4n) is 4.29. The highest BCUT2D eigenvalue weighted by molar-refractivity contribution is 6.06. The first kappa shape index (κ1) is 27.6. The monoisotopic (exact) mass is 531 g/mol. The van der Waals surface area contributed by atoms with Crippen LogP contribution in [0.3, 0.4) is 0 Å². The number of rotatable bonds is 6. The Labute approximate surface area is 228 Å². The van der Waals surface area contributed by atoms with E-state index in [0.717, 1.165) is 5.56 Å². The maximum atomic E-state index is 13.4. The van der Waals surface area contributed by atoms with E-state index in [-0.39, 0.29) is 35.7 Å². The number of amides is 4. The number of nitrogens with zero attached hydrogens (tertiary/aromatic N) is 2. The summed E-state index contributed by atoms with van der Waals surface area (Å²) < 4.78 is 13.3. The molecular weight excluding hydrogens is 497 g/mol. The summed E-state index contributed by atoms with van der Waals surface area (Å²) in [7, 11) is 0. The molecule has 0 bridgehead atoms. The first-order chi connectivity index (χ1) is 18.6. The zero-order chi connectivity index (χ0) is 28.0. The fourth-order valence-corrected chi connectivity index (χ4v) is 4.29. The average Bonchev–Trinajstić information content (AvgIpc) is 2.92. The molecule has 1 fully saturated rings. The molecule has 0 atom stereocenters. The van der Waals surface area contributed by atoms with Crippen LogP contribution in [0.5, 0.6) is 0 Å². The van der Waals surface area contributed by atoms with Crippen LogP contribution in [0, 0.1) is 5.82 Å². The van der Waals surface area contributed by atoms with Gasteiger partial charge in [-0.15, -0.1) is 0 Å². The first-order valence-electron chi connectivity index (χ1n) is 12.9. The Morgan fingerprint density at radius 2 is 1.51 bits per heavy atom. The molecule has 0 saturated carbocycles. The Bertz CT molecular complexity index is 1310. The molecule has 1 aliphatic heterocycles. The van der Waals surface area contributed by atoms with Crippen molar-refractivity contribution in [1.82, 2.24) is 15.5 Å². The predicted octanol–water partition coefficient (Wildman–Crippen LogP) is 4.64. The molecule has 0 aromatic heterocycles. The Hall–Kier alpha value is -4.40. The number of carbonyl (C=O) groups is 3. The van der Waals surface area contributed by atoms with Crippen LogP contribution in [-0.4, -0.2) is 54.5 Å². The van der Waals surface area contributed by atoms with Gasteiger partial charge >= 0.3 is 6.03 Å². The van der Waals surface area contributed by atoms with E-state index in [1.54, 1.807) is 53.4 Å². The lowest BCUT2D eigenvalue weighted by atomic mass is 10.1. The van der Waals surface area contributed by atoms with E-state index in [1.807, 2.05) is 32.9 Å². The highest BCUT2D eigenvalue weighted by Crippen LogP contribution is 2.26. The predicted molar refractivity (Wildman–Crippen MR) is 150 cm³/mol. The maximum absolute atomic E-state index is 13.4. The standard InChI is InChI=1S/C30H34FN5O3/c1-30(2,3)34-29(39)36-17-15-35(16-18-36)26-14-13-24(33-27(37)22-7-5-4-6-8-22)19-25(26)28(38)32-20-21-9-11-23(31)12-10-21/h4-14,19H,15-18,20H2,1-3H3,(H,32,38)(H,33,37)(H,34,39). The second kappa shape index (κ2) is 12.0. The van der Waals surface area contributed by atoms with Crippen molar-refractivity contribution in [3.63, 3.8) is 0 Å². The van der Waals surface area contributed by atoms with Gasteiger partial charge in [-0.25, -0.2) is 9.18 Å². The number of carbonyl (C=O) groups excluding carboxylic acids is 3. The van der Waals surface area contributed by atoms with Crippen LogP contribution >= 0.6 is 0 Å². The lowest BCUT2D eigenvalue weighted by Crippen LogP contribution is -2.55. The lowest BCUT2D eigenvalue weighted by Gasteiger charge is -2.38. The molecule has 1 aliphatic rings. The molecule has 0 unspecified atom stereocenters. The summed E-state index contributed by atoms with van der Waals surface area (Å²) in [5.74, 6) is -0.943. The zero-order valence-corrected chi connectivity index (χ0v) is 22.5. The molecule has 39 heavy (non-hydrogen) atoms. The second-order valence-corrected chi connectivity index (χ2v) is 10.5. The fraction of sp³-hybridized carbons (Fsp3) is 0.300. The van der Waals surface area contributed by atoms with Gasteiger partial charge < -0.3 is 25.8 Å². The zero-order valence-electron chi connectivity index (χ0n) is 22.5.